The van der Waals surface area contributed by atoms with Gasteiger partial charge in [0.15, 0.2) is 0 Å². The highest BCUT2D eigenvalue weighted by Crippen LogP contribution is 2.51. The zero-order valence-corrected chi connectivity index (χ0v) is 14.4. The van der Waals surface area contributed by atoms with Gasteiger partial charge in [0.05, 0.1) is 12.0 Å². The molecular weight excluding hydrogens is 304 g/mol. The zero-order valence-electron chi connectivity index (χ0n) is 14.4. The van der Waals surface area contributed by atoms with Gasteiger partial charge in [-0.3, -0.25) is 14.5 Å². The number of fused-ring (bicyclic) bond motifs is 1. The molecule has 0 bridgehead atoms. The fourth-order valence-corrected chi connectivity index (χ4v) is 4.39. The minimum Gasteiger partial charge on any atom is -0.481 e. The molecule has 2 aliphatic rings. The summed E-state index contributed by atoms with van der Waals surface area (Å²) in [7, 11) is 3.48. The van der Waals surface area contributed by atoms with Crippen molar-refractivity contribution >= 4 is 11.9 Å². The van der Waals surface area contributed by atoms with Gasteiger partial charge < -0.3 is 10.0 Å². The second kappa shape index (κ2) is 6.55. The van der Waals surface area contributed by atoms with Gasteiger partial charge in [-0.25, -0.2) is 0 Å². The number of aliphatic carboxylic acids is 1. The molecule has 1 aromatic carbocycles. The van der Waals surface area contributed by atoms with Crippen molar-refractivity contribution < 1.29 is 14.7 Å². The first-order valence-corrected chi connectivity index (χ1v) is 8.63. The SMILES string of the molecule is CN(C)C(=O)CN1C[C@H]2C[C@H](c3ccccc3)CC[C@@]2(C(=O)O)C1. The van der Waals surface area contributed by atoms with E-state index >= 15 is 0 Å². The molecule has 0 spiro atoms. The Kier molecular flexibility index (Phi) is 4.63. The molecule has 0 unspecified atom stereocenters. The van der Waals surface area contributed by atoms with Crippen LogP contribution in [0.25, 0.3) is 0 Å². The zero-order chi connectivity index (χ0) is 17.3. The molecule has 0 radical (unpaired) electrons. The summed E-state index contributed by atoms with van der Waals surface area (Å²) in [5.74, 6) is -0.121. The van der Waals surface area contributed by atoms with Crippen LogP contribution in [0, 0.1) is 11.3 Å². The summed E-state index contributed by atoms with van der Waals surface area (Å²) in [5.41, 5.74) is 0.622. The summed E-state index contributed by atoms with van der Waals surface area (Å²) in [6, 6.07) is 10.4. The number of carbonyl (C=O) groups excluding carboxylic acids is 1. The Morgan fingerprint density at radius 1 is 1.29 bits per heavy atom. The lowest BCUT2D eigenvalue weighted by Gasteiger charge is -2.38. The molecule has 1 saturated carbocycles. The van der Waals surface area contributed by atoms with Crippen LogP contribution in [0.15, 0.2) is 30.3 Å². The summed E-state index contributed by atoms with van der Waals surface area (Å²) >= 11 is 0. The Labute approximate surface area is 143 Å². The molecule has 2 fully saturated rings. The highest BCUT2D eigenvalue weighted by Gasteiger charge is 2.54. The van der Waals surface area contributed by atoms with Crippen LogP contribution in [0.5, 0.6) is 0 Å². The maximum Gasteiger partial charge on any atom is 0.311 e. The van der Waals surface area contributed by atoms with Crippen LogP contribution in [0.1, 0.15) is 30.7 Å². The number of hydrogen-bond acceptors (Lipinski definition) is 3. The largest absolute Gasteiger partial charge is 0.481 e. The summed E-state index contributed by atoms with van der Waals surface area (Å²) in [6.45, 7) is 1.51. The van der Waals surface area contributed by atoms with E-state index in [-0.39, 0.29) is 11.8 Å². The number of nitrogens with zero attached hydrogens (tertiary/aromatic N) is 2. The van der Waals surface area contributed by atoms with Crippen molar-refractivity contribution in [1.29, 1.82) is 0 Å². The van der Waals surface area contributed by atoms with E-state index in [0.717, 1.165) is 12.8 Å². The van der Waals surface area contributed by atoms with Crippen LogP contribution < -0.4 is 0 Å². The number of carboxylic acid groups (broad SMARTS) is 1. The van der Waals surface area contributed by atoms with Crippen LogP contribution >= 0.6 is 0 Å². The number of hydrogen-bond donors (Lipinski definition) is 1. The average molecular weight is 330 g/mol. The smallest absolute Gasteiger partial charge is 0.311 e. The normalized spacial score (nSPS) is 29.9. The Morgan fingerprint density at radius 2 is 2.00 bits per heavy atom. The molecule has 130 valence electrons. The van der Waals surface area contributed by atoms with Crippen molar-refractivity contribution in [3.8, 4) is 0 Å². The van der Waals surface area contributed by atoms with Crippen molar-refractivity contribution in [1.82, 2.24) is 9.80 Å². The Morgan fingerprint density at radius 3 is 2.62 bits per heavy atom. The third-order valence-electron chi connectivity index (χ3n) is 5.83. The van der Waals surface area contributed by atoms with Gasteiger partial charge in [0.2, 0.25) is 5.91 Å². The lowest BCUT2D eigenvalue weighted by Crippen LogP contribution is -2.43. The first-order valence-electron chi connectivity index (χ1n) is 8.63. The van der Waals surface area contributed by atoms with E-state index in [1.165, 1.54) is 5.56 Å². The van der Waals surface area contributed by atoms with E-state index in [1.807, 2.05) is 23.1 Å². The Bertz CT molecular complexity index is 616. The van der Waals surface area contributed by atoms with Crippen molar-refractivity contribution in [2.45, 2.75) is 25.2 Å². The lowest BCUT2D eigenvalue weighted by molar-refractivity contribution is -0.153. The molecule has 5 heteroatoms. The minimum absolute atomic E-state index is 0.0359. The van der Waals surface area contributed by atoms with Crippen LogP contribution in [0.3, 0.4) is 0 Å². The number of carboxylic acids is 1. The number of benzene rings is 1. The van der Waals surface area contributed by atoms with E-state index < -0.39 is 11.4 Å². The van der Waals surface area contributed by atoms with Gasteiger partial charge in [0.25, 0.3) is 0 Å². The van der Waals surface area contributed by atoms with Gasteiger partial charge >= 0.3 is 5.97 Å². The Hall–Kier alpha value is -1.88. The maximum absolute atomic E-state index is 12.0. The first kappa shape index (κ1) is 17.0. The minimum atomic E-state index is -0.696. The van der Waals surface area contributed by atoms with Crippen molar-refractivity contribution in [2.24, 2.45) is 11.3 Å². The second-order valence-corrected chi connectivity index (χ2v) is 7.50. The Balaban J connectivity index is 1.76. The van der Waals surface area contributed by atoms with Gasteiger partial charge in [-0.15, -0.1) is 0 Å². The van der Waals surface area contributed by atoms with Crippen LogP contribution in [0.2, 0.25) is 0 Å². The third-order valence-corrected chi connectivity index (χ3v) is 5.83. The topological polar surface area (TPSA) is 60.9 Å². The molecule has 1 aromatic rings. The van der Waals surface area contributed by atoms with Crippen LogP contribution in [-0.2, 0) is 9.59 Å². The maximum atomic E-state index is 12.0. The van der Waals surface area contributed by atoms with Gasteiger partial charge in [-0.05, 0) is 36.7 Å². The summed E-state index contributed by atoms with van der Waals surface area (Å²) < 4.78 is 0. The summed E-state index contributed by atoms with van der Waals surface area (Å²) in [4.78, 5) is 27.7. The predicted octanol–water partition coefficient (Wildman–Crippen LogP) is 2.05. The molecular formula is C19H26N2O3. The first-order chi connectivity index (χ1) is 11.4. The van der Waals surface area contributed by atoms with Gasteiger partial charge in [0.1, 0.15) is 0 Å². The highest BCUT2D eigenvalue weighted by molar-refractivity contribution is 5.79. The standard InChI is InChI=1S/C19H26N2O3/c1-20(2)17(22)12-21-11-16-10-15(14-6-4-3-5-7-14)8-9-19(16,13-21)18(23)24/h3-7,15-16H,8-13H2,1-2H3,(H,23,24)/t15-,16-,19-/m1/s1. The van der Waals surface area contributed by atoms with Crippen molar-refractivity contribution in [3.05, 3.63) is 35.9 Å². The van der Waals surface area contributed by atoms with E-state index in [4.69, 9.17) is 0 Å². The molecule has 1 amide bonds. The molecule has 0 aromatic heterocycles. The molecule has 3 rings (SSSR count). The molecule has 3 atom stereocenters. The number of likely N-dealkylation sites (N-methyl/N-ethyl adjacent to an activating group) is 1. The van der Waals surface area contributed by atoms with Gasteiger partial charge in [-0.2, -0.15) is 0 Å². The number of carbonyl (C=O) groups is 2. The van der Waals surface area contributed by atoms with Crippen molar-refractivity contribution in [2.75, 3.05) is 33.7 Å². The van der Waals surface area contributed by atoms with E-state index in [2.05, 4.69) is 12.1 Å². The van der Waals surface area contributed by atoms with Crippen LogP contribution in [-0.4, -0.2) is 60.5 Å². The molecule has 1 heterocycles. The van der Waals surface area contributed by atoms with E-state index in [9.17, 15) is 14.7 Å². The second-order valence-electron chi connectivity index (χ2n) is 7.50. The molecule has 1 aliphatic carbocycles. The van der Waals surface area contributed by atoms with Crippen LogP contribution in [0.4, 0.5) is 0 Å². The molecule has 24 heavy (non-hydrogen) atoms. The van der Waals surface area contributed by atoms with Gasteiger partial charge in [-0.1, -0.05) is 30.3 Å². The predicted molar refractivity (Wildman–Crippen MR) is 91.7 cm³/mol. The monoisotopic (exact) mass is 330 g/mol. The van der Waals surface area contributed by atoms with Gasteiger partial charge in [0, 0.05) is 27.2 Å². The molecule has 1 saturated heterocycles. The number of likely N-dealkylation sites (tertiary alicyclic amines) is 1. The quantitative estimate of drug-likeness (QED) is 0.918. The third kappa shape index (κ3) is 3.05. The highest BCUT2D eigenvalue weighted by atomic mass is 16.4. The lowest BCUT2D eigenvalue weighted by atomic mass is 9.64. The molecule has 1 N–H and O–H groups in total. The van der Waals surface area contributed by atoms with Crippen molar-refractivity contribution in [3.63, 3.8) is 0 Å². The van der Waals surface area contributed by atoms with E-state index in [0.29, 0.717) is 32.0 Å². The average Bonchev–Trinajstić information content (AvgIpc) is 2.93. The fourth-order valence-electron chi connectivity index (χ4n) is 4.39. The summed E-state index contributed by atoms with van der Waals surface area (Å²) in [6.07, 6.45) is 2.49. The summed E-state index contributed by atoms with van der Waals surface area (Å²) in [5, 5.41) is 9.90. The number of rotatable bonds is 4. The molecule has 1 aliphatic heterocycles. The van der Waals surface area contributed by atoms with E-state index in [1.54, 1.807) is 19.0 Å². The fraction of sp³-hybridized carbons (Fsp3) is 0.579. The molecule has 5 nitrogen and oxygen atoms in total. The number of amides is 1.